The van der Waals surface area contributed by atoms with Crippen molar-refractivity contribution in [2.45, 2.75) is 25.4 Å². The molecular formula is C18H29N3O2. The number of carbonyl (C=O) groups is 1. The standard InChI is InChI=1S/C18H29N3O2/c1-19-17-8-5-4-7-16(17)18(22)21-12-9-15(10-13-21)23-14-6-11-20(2)3/h4-5,7-8,15,19H,6,9-14H2,1-3H3. The Morgan fingerprint density at radius 1 is 1.30 bits per heavy atom. The van der Waals surface area contributed by atoms with Crippen LogP contribution >= 0.6 is 0 Å². The van der Waals surface area contributed by atoms with E-state index in [0.717, 1.165) is 56.8 Å². The van der Waals surface area contributed by atoms with Gasteiger partial charge in [-0.1, -0.05) is 12.1 Å². The number of rotatable bonds is 7. The monoisotopic (exact) mass is 319 g/mol. The van der Waals surface area contributed by atoms with Crippen LogP contribution in [0.3, 0.4) is 0 Å². The number of likely N-dealkylation sites (tertiary alicyclic amines) is 1. The van der Waals surface area contributed by atoms with Crippen LogP contribution < -0.4 is 5.32 Å². The Morgan fingerprint density at radius 3 is 2.65 bits per heavy atom. The number of hydrogen-bond donors (Lipinski definition) is 1. The van der Waals surface area contributed by atoms with Gasteiger partial charge in [-0.05, 0) is 52.0 Å². The van der Waals surface area contributed by atoms with Crippen molar-refractivity contribution in [1.29, 1.82) is 0 Å². The number of hydrogen-bond acceptors (Lipinski definition) is 4. The van der Waals surface area contributed by atoms with E-state index in [0.29, 0.717) is 6.10 Å². The first-order valence-corrected chi connectivity index (χ1v) is 8.44. The van der Waals surface area contributed by atoms with Gasteiger partial charge in [0, 0.05) is 32.4 Å². The van der Waals surface area contributed by atoms with Crippen LogP contribution in [0.1, 0.15) is 29.6 Å². The molecule has 1 N–H and O–H groups in total. The van der Waals surface area contributed by atoms with E-state index >= 15 is 0 Å². The molecule has 0 unspecified atom stereocenters. The summed E-state index contributed by atoms with van der Waals surface area (Å²) in [6, 6.07) is 7.68. The summed E-state index contributed by atoms with van der Waals surface area (Å²) in [6.07, 6.45) is 3.20. The van der Waals surface area contributed by atoms with Crippen LogP contribution in [0.25, 0.3) is 0 Å². The molecule has 1 fully saturated rings. The molecule has 23 heavy (non-hydrogen) atoms. The number of ether oxygens (including phenoxy) is 1. The van der Waals surface area contributed by atoms with Gasteiger partial charge in [0.25, 0.3) is 5.91 Å². The molecule has 2 rings (SSSR count). The molecule has 128 valence electrons. The van der Waals surface area contributed by atoms with E-state index in [9.17, 15) is 4.79 Å². The minimum Gasteiger partial charge on any atom is -0.387 e. The Hall–Kier alpha value is -1.59. The lowest BCUT2D eigenvalue weighted by atomic mass is 10.1. The highest BCUT2D eigenvalue weighted by Crippen LogP contribution is 2.20. The van der Waals surface area contributed by atoms with Crippen LogP contribution in [0.5, 0.6) is 0 Å². The van der Waals surface area contributed by atoms with Crippen molar-refractivity contribution in [1.82, 2.24) is 9.80 Å². The number of amides is 1. The van der Waals surface area contributed by atoms with Gasteiger partial charge in [0.2, 0.25) is 0 Å². The molecule has 0 bridgehead atoms. The minimum atomic E-state index is 0.112. The quantitative estimate of drug-likeness (QED) is 0.783. The van der Waals surface area contributed by atoms with E-state index in [-0.39, 0.29) is 5.91 Å². The number of benzene rings is 1. The molecule has 1 saturated heterocycles. The number of carbonyl (C=O) groups excluding carboxylic acids is 1. The molecule has 0 aliphatic carbocycles. The first-order chi connectivity index (χ1) is 11.1. The Labute approximate surface area is 139 Å². The van der Waals surface area contributed by atoms with Crippen molar-refractivity contribution in [3.8, 4) is 0 Å². The van der Waals surface area contributed by atoms with Crippen LogP contribution in [0, 0.1) is 0 Å². The van der Waals surface area contributed by atoms with Gasteiger partial charge < -0.3 is 19.9 Å². The number of anilines is 1. The topological polar surface area (TPSA) is 44.8 Å². The van der Waals surface area contributed by atoms with Crippen molar-refractivity contribution >= 4 is 11.6 Å². The van der Waals surface area contributed by atoms with Crippen LogP contribution in [-0.4, -0.2) is 69.2 Å². The van der Waals surface area contributed by atoms with Crippen molar-refractivity contribution < 1.29 is 9.53 Å². The highest BCUT2D eigenvalue weighted by Gasteiger charge is 2.25. The van der Waals surface area contributed by atoms with Crippen LogP contribution in [0.2, 0.25) is 0 Å². The van der Waals surface area contributed by atoms with Gasteiger partial charge in [-0.25, -0.2) is 0 Å². The molecule has 0 saturated carbocycles. The lowest BCUT2D eigenvalue weighted by molar-refractivity contribution is 0.00636. The molecule has 1 aromatic carbocycles. The molecule has 1 aliphatic heterocycles. The van der Waals surface area contributed by atoms with Crippen LogP contribution in [-0.2, 0) is 4.74 Å². The van der Waals surface area contributed by atoms with Crippen molar-refractivity contribution in [2.75, 3.05) is 52.7 Å². The van der Waals surface area contributed by atoms with Crippen LogP contribution in [0.4, 0.5) is 5.69 Å². The predicted molar refractivity (Wildman–Crippen MR) is 94.0 cm³/mol. The summed E-state index contributed by atoms with van der Waals surface area (Å²) in [6.45, 7) is 3.40. The van der Waals surface area contributed by atoms with Gasteiger partial charge in [-0.2, -0.15) is 0 Å². The molecular weight excluding hydrogens is 290 g/mol. The molecule has 5 nitrogen and oxygen atoms in total. The molecule has 0 atom stereocenters. The second-order valence-corrected chi connectivity index (χ2v) is 6.31. The maximum atomic E-state index is 12.7. The second-order valence-electron chi connectivity index (χ2n) is 6.31. The van der Waals surface area contributed by atoms with E-state index in [1.54, 1.807) is 0 Å². The maximum Gasteiger partial charge on any atom is 0.255 e. The number of piperidine rings is 1. The molecule has 1 aliphatic rings. The first kappa shape index (κ1) is 17.8. The summed E-state index contributed by atoms with van der Waals surface area (Å²) in [7, 11) is 6.00. The Kier molecular flexibility index (Phi) is 6.86. The van der Waals surface area contributed by atoms with Crippen molar-refractivity contribution in [3.05, 3.63) is 29.8 Å². The van der Waals surface area contributed by atoms with E-state index in [1.807, 2.05) is 36.2 Å². The van der Waals surface area contributed by atoms with Gasteiger partial charge >= 0.3 is 0 Å². The summed E-state index contributed by atoms with van der Waals surface area (Å²) >= 11 is 0. The van der Waals surface area contributed by atoms with E-state index in [2.05, 4.69) is 24.3 Å². The Morgan fingerprint density at radius 2 is 2.00 bits per heavy atom. The van der Waals surface area contributed by atoms with Crippen molar-refractivity contribution in [2.24, 2.45) is 0 Å². The SMILES string of the molecule is CNc1ccccc1C(=O)N1CCC(OCCCN(C)C)CC1. The molecule has 0 aromatic heterocycles. The third-order valence-electron chi connectivity index (χ3n) is 4.26. The number of para-hydroxylation sites is 1. The second kappa shape index (κ2) is 8.89. The van der Waals surface area contributed by atoms with Crippen LogP contribution in [0.15, 0.2) is 24.3 Å². The zero-order valence-corrected chi connectivity index (χ0v) is 14.5. The molecule has 1 aromatic rings. The normalized spacial score (nSPS) is 15.9. The lowest BCUT2D eigenvalue weighted by Crippen LogP contribution is -2.41. The van der Waals surface area contributed by atoms with Crippen molar-refractivity contribution in [3.63, 3.8) is 0 Å². The minimum absolute atomic E-state index is 0.112. The molecule has 0 spiro atoms. The highest BCUT2D eigenvalue weighted by molar-refractivity contribution is 5.99. The molecule has 1 amide bonds. The summed E-state index contributed by atoms with van der Waals surface area (Å²) < 4.78 is 5.94. The van der Waals surface area contributed by atoms with E-state index < -0.39 is 0 Å². The van der Waals surface area contributed by atoms with Gasteiger partial charge in [0.15, 0.2) is 0 Å². The average molecular weight is 319 g/mol. The third-order valence-corrected chi connectivity index (χ3v) is 4.26. The fourth-order valence-corrected chi connectivity index (χ4v) is 2.91. The predicted octanol–water partition coefficient (Wildman–Crippen LogP) is 2.30. The summed E-state index contributed by atoms with van der Waals surface area (Å²) in [5.74, 6) is 0.112. The van der Waals surface area contributed by atoms with Gasteiger partial charge in [0.1, 0.15) is 0 Å². The van der Waals surface area contributed by atoms with E-state index in [1.165, 1.54) is 0 Å². The third kappa shape index (κ3) is 5.22. The molecule has 1 heterocycles. The van der Waals surface area contributed by atoms with E-state index in [4.69, 9.17) is 4.74 Å². The number of nitrogens with zero attached hydrogens (tertiary/aromatic N) is 2. The zero-order chi connectivity index (χ0) is 16.7. The largest absolute Gasteiger partial charge is 0.387 e. The lowest BCUT2D eigenvalue weighted by Gasteiger charge is -2.32. The maximum absolute atomic E-state index is 12.7. The van der Waals surface area contributed by atoms with Gasteiger partial charge in [-0.15, -0.1) is 0 Å². The fraction of sp³-hybridized carbons (Fsp3) is 0.611. The van der Waals surface area contributed by atoms with Gasteiger partial charge in [0.05, 0.1) is 11.7 Å². The summed E-state index contributed by atoms with van der Waals surface area (Å²) in [4.78, 5) is 16.8. The average Bonchev–Trinajstić information content (AvgIpc) is 2.58. The summed E-state index contributed by atoms with van der Waals surface area (Å²) in [5, 5.41) is 3.09. The first-order valence-electron chi connectivity index (χ1n) is 8.44. The highest BCUT2D eigenvalue weighted by atomic mass is 16.5. The summed E-state index contributed by atoms with van der Waals surface area (Å²) in [5.41, 5.74) is 1.64. The number of nitrogens with one attached hydrogen (secondary N) is 1. The fourth-order valence-electron chi connectivity index (χ4n) is 2.91. The zero-order valence-electron chi connectivity index (χ0n) is 14.5. The smallest absolute Gasteiger partial charge is 0.255 e. The Balaban J connectivity index is 1.79. The Bertz CT molecular complexity index is 497. The molecule has 5 heteroatoms. The van der Waals surface area contributed by atoms with Gasteiger partial charge in [-0.3, -0.25) is 4.79 Å². The molecule has 0 radical (unpaired) electrons.